The monoisotopic (exact) mass is 493 g/mol. The van der Waals surface area contributed by atoms with E-state index >= 15 is 0 Å². The highest BCUT2D eigenvalue weighted by atomic mass is 32.2. The zero-order valence-corrected chi connectivity index (χ0v) is 22.0. The summed E-state index contributed by atoms with van der Waals surface area (Å²) in [4.78, 5) is 12.3. The minimum absolute atomic E-state index is 0.300. The molecule has 0 radical (unpaired) electrons. The topological polar surface area (TPSA) is 124 Å². The van der Waals surface area contributed by atoms with Gasteiger partial charge in [-0.15, -0.1) is 0 Å². The van der Waals surface area contributed by atoms with Crippen molar-refractivity contribution in [3.05, 3.63) is 0 Å². The van der Waals surface area contributed by atoms with Crippen molar-refractivity contribution in [3.8, 4) is 0 Å². The molecule has 0 fully saturated rings. The van der Waals surface area contributed by atoms with Gasteiger partial charge >= 0.3 is 0 Å². The molecule has 0 aliphatic carbocycles. The van der Waals surface area contributed by atoms with E-state index in [4.69, 9.17) is 0 Å². The van der Waals surface area contributed by atoms with Gasteiger partial charge in [0, 0.05) is 0 Å². The zero-order chi connectivity index (χ0) is 25.0. The van der Waals surface area contributed by atoms with Crippen LogP contribution in [0.3, 0.4) is 0 Å². The van der Waals surface area contributed by atoms with Gasteiger partial charge in [-0.3, -0.25) is 9.35 Å². The molecule has 0 spiro atoms. The molecule has 3 atom stereocenters. The van der Waals surface area contributed by atoms with Gasteiger partial charge in [0.1, 0.15) is 6.10 Å². The van der Waals surface area contributed by atoms with E-state index in [0.29, 0.717) is 25.7 Å². The van der Waals surface area contributed by atoms with Crippen LogP contribution in [0.2, 0.25) is 0 Å². The molecular formula is C25H51NO6S. The van der Waals surface area contributed by atoms with Crippen molar-refractivity contribution in [2.75, 3.05) is 5.75 Å². The van der Waals surface area contributed by atoms with Crippen LogP contribution in [0, 0.1) is 0 Å². The number of amides is 1. The predicted molar refractivity (Wildman–Crippen MR) is 135 cm³/mol. The van der Waals surface area contributed by atoms with E-state index in [9.17, 15) is 28.0 Å². The molecule has 7 nitrogen and oxygen atoms in total. The lowest BCUT2D eigenvalue weighted by atomic mass is 10.0. The number of hydrogen-bond acceptors (Lipinski definition) is 5. The molecule has 0 heterocycles. The van der Waals surface area contributed by atoms with Gasteiger partial charge in [0.05, 0.1) is 17.9 Å². The highest BCUT2D eigenvalue weighted by molar-refractivity contribution is 7.85. The van der Waals surface area contributed by atoms with Crippen molar-refractivity contribution >= 4 is 16.0 Å². The summed E-state index contributed by atoms with van der Waals surface area (Å²) < 4.78 is 31.8. The molecule has 33 heavy (non-hydrogen) atoms. The lowest BCUT2D eigenvalue weighted by Crippen LogP contribution is -2.50. The molecule has 198 valence electrons. The Bertz CT molecular complexity index is 569. The van der Waals surface area contributed by atoms with E-state index in [1.807, 2.05) is 0 Å². The van der Waals surface area contributed by atoms with Crippen LogP contribution in [-0.2, 0) is 14.9 Å². The number of aliphatic hydroxyl groups is 2. The molecule has 0 saturated heterocycles. The Balaban J connectivity index is 4.17. The normalized spacial score (nSPS) is 14.7. The minimum Gasteiger partial charge on any atom is -0.391 e. The van der Waals surface area contributed by atoms with Crippen molar-refractivity contribution in [3.63, 3.8) is 0 Å². The largest absolute Gasteiger partial charge is 0.391 e. The first-order chi connectivity index (χ1) is 15.7. The summed E-state index contributed by atoms with van der Waals surface area (Å²) in [5.74, 6) is -1.46. The summed E-state index contributed by atoms with van der Waals surface area (Å²) in [6.07, 6.45) is 16.1. The number of carbonyl (C=O) groups excluding carboxylic acids is 1. The molecule has 0 aromatic rings. The Labute approximate surface area is 202 Å². The van der Waals surface area contributed by atoms with Gasteiger partial charge in [-0.1, -0.05) is 117 Å². The van der Waals surface area contributed by atoms with Crippen LogP contribution < -0.4 is 5.32 Å². The molecule has 1 amide bonds. The zero-order valence-electron chi connectivity index (χ0n) is 21.1. The Morgan fingerprint density at radius 2 is 1.09 bits per heavy atom. The standard InChI is InChI=1S/C25H51NO6S/c1-3-5-7-9-10-11-12-13-14-16-18-20-24(28)25(29)26-22(21-33(30,31)32)23(27)19-17-15-8-6-4-2/h22-24,27-28H,3-21H2,1-2H3,(H,26,29)(H,30,31,32). The Morgan fingerprint density at radius 3 is 1.52 bits per heavy atom. The molecule has 4 N–H and O–H groups in total. The van der Waals surface area contributed by atoms with Crippen LogP contribution in [0.1, 0.15) is 129 Å². The Kier molecular flexibility index (Phi) is 20.2. The fraction of sp³-hybridized carbons (Fsp3) is 0.960. The van der Waals surface area contributed by atoms with Crippen molar-refractivity contribution in [1.82, 2.24) is 5.32 Å². The number of rotatable bonds is 23. The summed E-state index contributed by atoms with van der Waals surface area (Å²) in [6.45, 7) is 4.33. The third kappa shape index (κ3) is 20.4. The van der Waals surface area contributed by atoms with E-state index in [1.165, 1.54) is 44.9 Å². The number of carbonyl (C=O) groups is 1. The maximum absolute atomic E-state index is 12.3. The van der Waals surface area contributed by atoms with E-state index in [1.54, 1.807) is 0 Å². The maximum Gasteiger partial charge on any atom is 0.266 e. The first-order valence-electron chi connectivity index (χ1n) is 13.3. The van der Waals surface area contributed by atoms with Gasteiger partial charge < -0.3 is 15.5 Å². The summed E-state index contributed by atoms with van der Waals surface area (Å²) in [5.41, 5.74) is 0. The summed E-state index contributed by atoms with van der Waals surface area (Å²) in [6, 6.07) is -1.13. The van der Waals surface area contributed by atoms with E-state index < -0.39 is 40.0 Å². The number of aliphatic hydroxyl groups excluding tert-OH is 2. The maximum atomic E-state index is 12.3. The first kappa shape index (κ1) is 32.3. The van der Waals surface area contributed by atoms with E-state index in [0.717, 1.165) is 44.9 Å². The highest BCUT2D eigenvalue weighted by Crippen LogP contribution is 2.14. The van der Waals surface area contributed by atoms with Crippen LogP contribution in [0.5, 0.6) is 0 Å². The second-order valence-corrected chi connectivity index (χ2v) is 11.0. The van der Waals surface area contributed by atoms with Crippen LogP contribution in [0.15, 0.2) is 0 Å². The van der Waals surface area contributed by atoms with Crippen molar-refractivity contribution in [2.24, 2.45) is 0 Å². The molecule has 0 bridgehead atoms. The van der Waals surface area contributed by atoms with E-state index in [2.05, 4.69) is 19.2 Å². The molecule has 0 saturated carbocycles. The second-order valence-electron chi connectivity index (χ2n) is 9.47. The third-order valence-corrected chi connectivity index (χ3v) is 6.95. The molecule has 0 aliphatic rings. The summed E-state index contributed by atoms with van der Waals surface area (Å²) in [7, 11) is -4.37. The second kappa shape index (κ2) is 20.7. The molecule has 0 aromatic heterocycles. The average molecular weight is 494 g/mol. The van der Waals surface area contributed by atoms with E-state index in [-0.39, 0.29) is 0 Å². The van der Waals surface area contributed by atoms with Gasteiger partial charge in [0.25, 0.3) is 10.1 Å². The fourth-order valence-electron chi connectivity index (χ4n) is 4.05. The number of hydrogen-bond donors (Lipinski definition) is 4. The van der Waals surface area contributed by atoms with Gasteiger partial charge in [-0.2, -0.15) is 8.42 Å². The lowest BCUT2D eigenvalue weighted by molar-refractivity contribution is -0.131. The summed E-state index contributed by atoms with van der Waals surface area (Å²) in [5, 5.41) is 23.0. The first-order valence-corrected chi connectivity index (χ1v) is 14.9. The molecule has 8 heteroatoms. The van der Waals surface area contributed by atoms with Crippen molar-refractivity contribution in [1.29, 1.82) is 0 Å². The Hall–Kier alpha value is -0.700. The number of unbranched alkanes of at least 4 members (excludes halogenated alkanes) is 14. The van der Waals surface area contributed by atoms with Crippen molar-refractivity contribution < 1.29 is 28.0 Å². The lowest BCUT2D eigenvalue weighted by Gasteiger charge is -2.24. The SMILES string of the molecule is CCCCCCCCCCCCCC(O)C(=O)NC(CS(=O)(=O)O)C(O)CCCCCCC. The molecule has 0 aliphatic heterocycles. The van der Waals surface area contributed by atoms with Crippen LogP contribution in [0.25, 0.3) is 0 Å². The van der Waals surface area contributed by atoms with Crippen LogP contribution in [-0.4, -0.2) is 53.1 Å². The van der Waals surface area contributed by atoms with Gasteiger partial charge in [-0.05, 0) is 12.8 Å². The fourth-order valence-corrected chi connectivity index (χ4v) is 4.81. The minimum atomic E-state index is -4.37. The number of nitrogens with one attached hydrogen (secondary N) is 1. The highest BCUT2D eigenvalue weighted by Gasteiger charge is 2.28. The van der Waals surface area contributed by atoms with Gasteiger partial charge in [0.2, 0.25) is 5.91 Å². The summed E-state index contributed by atoms with van der Waals surface area (Å²) >= 11 is 0. The van der Waals surface area contributed by atoms with Crippen LogP contribution >= 0.6 is 0 Å². The third-order valence-electron chi connectivity index (χ3n) is 6.17. The smallest absolute Gasteiger partial charge is 0.266 e. The average Bonchev–Trinajstić information content (AvgIpc) is 2.75. The van der Waals surface area contributed by atoms with Crippen molar-refractivity contribution in [2.45, 2.75) is 148 Å². The van der Waals surface area contributed by atoms with Gasteiger partial charge in [-0.25, -0.2) is 0 Å². The molecule has 0 aromatic carbocycles. The van der Waals surface area contributed by atoms with Gasteiger partial charge in [0.15, 0.2) is 0 Å². The van der Waals surface area contributed by atoms with Crippen LogP contribution in [0.4, 0.5) is 0 Å². The quantitative estimate of drug-likeness (QED) is 0.115. The molecule has 3 unspecified atom stereocenters. The Morgan fingerprint density at radius 1 is 0.697 bits per heavy atom. The molecule has 0 rings (SSSR count). The molecular weight excluding hydrogens is 442 g/mol. The predicted octanol–water partition coefficient (Wildman–Crippen LogP) is 5.14.